The van der Waals surface area contributed by atoms with Crippen molar-refractivity contribution in [2.24, 2.45) is 0 Å². The fraction of sp³-hybridized carbons (Fsp3) is 0.250. The number of hydrogen-bond donors (Lipinski definition) is 2. The van der Waals surface area contributed by atoms with Crippen LogP contribution in [0.4, 0.5) is 0 Å². The third-order valence-electron chi connectivity index (χ3n) is 1.24. The fourth-order valence-corrected chi connectivity index (χ4v) is 1.36. The van der Waals surface area contributed by atoms with Crippen LogP contribution in [0.2, 0.25) is 0 Å². The second-order valence-corrected chi connectivity index (χ2v) is 3.32. The summed E-state index contributed by atoms with van der Waals surface area (Å²) in [6, 6.07) is 1.83. The van der Waals surface area contributed by atoms with E-state index in [-0.39, 0.29) is 0 Å². The Balaban J connectivity index is 0.000000272. The van der Waals surface area contributed by atoms with Crippen LogP contribution in [0.3, 0.4) is 0 Å². The lowest BCUT2D eigenvalue weighted by atomic mass is 10.4. The number of aliphatic hydroxyl groups is 1. The van der Waals surface area contributed by atoms with Crippen molar-refractivity contribution in [3.05, 3.63) is 29.0 Å². The summed E-state index contributed by atoms with van der Waals surface area (Å²) in [5.74, 6) is 0. The van der Waals surface area contributed by atoms with Gasteiger partial charge in [-0.2, -0.15) is 5.10 Å². The molecule has 2 N–H and O–H groups in total. The lowest BCUT2D eigenvalue weighted by Gasteiger charge is -1.80. The summed E-state index contributed by atoms with van der Waals surface area (Å²) in [6.07, 6.45) is 3.46. The zero-order valence-corrected chi connectivity index (χ0v) is 10.3. The summed E-state index contributed by atoms with van der Waals surface area (Å²) < 4.78 is 3.53. The van der Waals surface area contributed by atoms with Crippen molar-refractivity contribution < 1.29 is 9.90 Å². The van der Waals surface area contributed by atoms with Gasteiger partial charge in [-0.1, -0.05) is 4.49 Å². The molecule has 2 aromatic rings. The summed E-state index contributed by atoms with van der Waals surface area (Å²) in [4.78, 5) is 10.9. The highest BCUT2D eigenvalue weighted by atomic mass is 35.5. The van der Waals surface area contributed by atoms with Crippen LogP contribution in [0, 0.1) is 6.92 Å². The number of nitrogens with one attached hydrogen (secondary N) is 1. The Hall–Kier alpha value is -1.31. The second-order valence-electron chi connectivity index (χ2n) is 2.23. The van der Waals surface area contributed by atoms with Gasteiger partial charge >= 0.3 is 0 Å². The average Bonchev–Trinajstić information content (AvgIpc) is 2.93. The Morgan fingerprint density at radius 3 is 2.44 bits per heavy atom. The predicted molar refractivity (Wildman–Crippen MR) is 61.6 cm³/mol. The van der Waals surface area contributed by atoms with E-state index in [4.69, 9.17) is 16.7 Å². The molecular weight excluding hydrogens is 252 g/mol. The number of carbonyl (C=O) groups is 1. The van der Waals surface area contributed by atoms with Crippen molar-refractivity contribution >= 4 is 28.4 Å². The van der Waals surface area contributed by atoms with Gasteiger partial charge < -0.3 is 5.11 Å². The van der Waals surface area contributed by atoms with Gasteiger partial charge in [-0.15, -0.1) is 5.10 Å². The molecule has 6 nitrogen and oxygen atoms in total. The normalized spacial score (nSPS) is 8.25. The van der Waals surface area contributed by atoms with E-state index < -0.39 is 5.24 Å². The van der Waals surface area contributed by atoms with E-state index in [2.05, 4.69) is 19.8 Å². The van der Waals surface area contributed by atoms with Crippen LogP contribution in [-0.4, -0.2) is 37.2 Å². The molecule has 2 rings (SSSR count). The average molecular weight is 263 g/mol. The fourth-order valence-electron chi connectivity index (χ4n) is 0.627. The van der Waals surface area contributed by atoms with Gasteiger partial charge in [-0.25, -0.2) is 0 Å². The number of rotatable bonds is 1. The van der Waals surface area contributed by atoms with Crippen molar-refractivity contribution in [3.63, 3.8) is 0 Å². The van der Waals surface area contributed by atoms with E-state index in [0.717, 1.165) is 18.6 Å². The minimum absolute atomic E-state index is 0.427. The number of aliphatic hydroxyl groups excluding tert-OH is 1. The van der Waals surface area contributed by atoms with Crippen molar-refractivity contribution in [3.8, 4) is 0 Å². The molecule has 0 radical (unpaired) electrons. The molecule has 0 amide bonds. The number of halogens is 1. The quantitative estimate of drug-likeness (QED) is 0.755. The molecule has 0 saturated carbocycles. The monoisotopic (exact) mass is 262 g/mol. The minimum atomic E-state index is -0.484. The highest BCUT2D eigenvalue weighted by molar-refractivity contribution is 7.10. The zero-order valence-electron chi connectivity index (χ0n) is 8.72. The first kappa shape index (κ1) is 14.7. The topological polar surface area (TPSA) is 91.8 Å². The van der Waals surface area contributed by atoms with Gasteiger partial charge in [0, 0.05) is 19.5 Å². The molecule has 0 aromatic carbocycles. The molecule has 0 bridgehead atoms. The molecule has 0 atom stereocenters. The lowest BCUT2D eigenvalue weighted by molar-refractivity contribution is 0.108. The Morgan fingerprint density at radius 2 is 2.25 bits per heavy atom. The maximum Gasteiger partial charge on any atom is 0.265 e. The van der Waals surface area contributed by atoms with Crippen LogP contribution in [-0.2, 0) is 0 Å². The zero-order chi connectivity index (χ0) is 12.4. The Kier molecular flexibility index (Phi) is 8.22. The number of carbonyl (C=O) groups excluding carboxylic acids is 1. The number of hydrogen-bond acceptors (Lipinski definition) is 6. The largest absolute Gasteiger partial charge is 0.400 e. The summed E-state index contributed by atoms with van der Waals surface area (Å²) in [7, 11) is 1.00. The van der Waals surface area contributed by atoms with Crippen molar-refractivity contribution in [2.45, 2.75) is 6.92 Å². The standard InChI is InChI=1S/C4H3ClN2OS.C3H4N2.CH4O/c1-2-3(4(5)8)9-7-6-2;1-2-4-5-3-1;1-2/h1H3;1-3H,(H,4,5);2H,1H3. The maximum atomic E-state index is 10.4. The SMILES string of the molecule is CO.Cc1nnsc1C(=O)Cl.c1cn[nH]c1. The summed E-state index contributed by atoms with van der Waals surface area (Å²) >= 11 is 6.16. The van der Waals surface area contributed by atoms with Gasteiger partial charge in [-0.05, 0) is 36.1 Å². The Labute approximate surface area is 101 Å². The van der Waals surface area contributed by atoms with E-state index in [1.165, 1.54) is 0 Å². The summed E-state index contributed by atoms with van der Waals surface area (Å²) in [5, 5.41) is 16.3. The molecule has 0 spiro atoms. The van der Waals surface area contributed by atoms with Crippen LogP contribution >= 0.6 is 23.1 Å². The molecule has 0 aliphatic carbocycles. The van der Waals surface area contributed by atoms with E-state index in [9.17, 15) is 4.79 Å². The molecule has 0 unspecified atom stereocenters. The number of nitrogens with zero attached hydrogens (tertiary/aromatic N) is 3. The van der Waals surface area contributed by atoms with E-state index >= 15 is 0 Å². The third-order valence-corrected chi connectivity index (χ3v) is 2.36. The van der Waals surface area contributed by atoms with Crippen LogP contribution in [0.15, 0.2) is 18.5 Å². The van der Waals surface area contributed by atoms with Crippen molar-refractivity contribution in [1.82, 2.24) is 19.8 Å². The van der Waals surface area contributed by atoms with Gasteiger partial charge in [0.1, 0.15) is 4.88 Å². The first-order valence-corrected chi connectivity index (χ1v) is 5.24. The molecule has 8 heteroatoms. The molecule has 0 fully saturated rings. The highest BCUT2D eigenvalue weighted by Crippen LogP contribution is 2.11. The van der Waals surface area contributed by atoms with E-state index in [1.807, 2.05) is 6.07 Å². The first-order valence-electron chi connectivity index (χ1n) is 4.09. The predicted octanol–water partition coefficient (Wildman–Crippen LogP) is 1.24. The smallest absolute Gasteiger partial charge is 0.265 e. The van der Waals surface area contributed by atoms with Gasteiger partial charge in [0.15, 0.2) is 0 Å². The maximum absolute atomic E-state index is 10.4. The molecule has 0 aliphatic rings. The van der Waals surface area contributed by atoms with Crippen LogP contribution in [0.5, 0.6) is 0 Å². The molecule has 0 saturated heterocycles. The summed E-state index contributed by atoms with van der Waals surface area (Å²) in [5.41, 5.74) is 0.597. The van der Waals surface area contributed by atoms with Gasteiger partial charge in [0.05, 0.1) is 5.69 Å². The van der Waals surface area contributed by atoms with Crippen LogP contribution in [0.25, 0.3) is 0 Å². The number of H-pyrrole nitrogens is 1. The second kappa shape index (κ2) is 8.96. The van der Waals surface area contributed by atoms with Crippen molar-refractivity contribution in [1.29, 1.82) is 0 Å². The van der Waals surface area contributed by atoms with Crippen molar-refractivity contribution in [2.75, 3.05) is 7.11 Å². The van der Waals surface area contributed by atoms with Gasteiger partial charge in [0.25, 0.3) is 5.24 Å². The van der Waals surface area contributed by atoms with Gasteiger partial charge in [-0.3, -0.25) is 9.89 Å². The first-order chi connectivity index (χ1) is 7.72. The molecule has 2 aromatic heterocycles. The molecule has 88 valence electrons. The number of aromatic amines is 1. The van der Waals surface area contributed by atoms with Crippen LogP contribution < -0.4 is 0 Å². The molecular formula is C8H11ClN4O2S. The molecule has 2 heterocycles. The number of aromatic nitrogens is 4. The lowest BCUT2D eigenvalue weighted by Crippen LogP contribution is -1.85. The Bertz CT molecular complexity index is 373. The third kappa shape index (κ3) is 5.54. The van der Waals surface area contributed by atoms with Gasteiger partial charge in [0.2, 0.25) is 0 Å². The van der Waals surface area contributed by atoms with E-state index in [1.54, 1.807) is 19.3 Å². The van der Waals surface area contributed by atoms with E-state index in [0.29, 0.717) is 10.6 Å². The minimum Gasteiger partial charge on any atom is -0.400 e. The van der Waals surface area contributed by atoms with Crippen LogP contribution in [0.1, 0.15) is 15.4 Å². The summed E-state index contributed by atoms with van der Waals surface area (Å²) in [6.45, 7) is 1.69. The highest BCUT2D eigenvalue weighted by Gasteiger charge is 2.08. The molecule has 0 aliphatic heterocycles. The Morgan fingerprint density at radius 1 is 1.56 bits per heavy atom. The number of aryl methyl sites for hydroxylation is 1. The molecule has 16 heavy (non-hydrogen) atoms.